The predicted octanol–water partition coefficient (Wildman–Crippen LogP) is 2.34. The number of nitrogens with one attached hydrogen (secondary N) is 1. The molecule has 2 aliphatic rings. The second-order valence-corrected chi connectivity index (χ2v) is 4.64. The highest BCUT2D eigenvalue weighted by Crippen LogP contribution is 2.32. The van der Waals surface area contributed by atoms with Crippen molar-refractivity contribution in [2.45, 2.75) is 45.1 Å². The van der Waals surface area contributed by atoms with Crippen LogP contribution in [0.15, 0.2) is 23.3 Å². The number of carbonyl (C=O) groups excluding carboxylic acids is 1. The van der Waals surface area contributed by atoms with Crippen molar-refractivity contribution in [2.75, 3.05) is 13.1 Å². The van der Waals surface area contributed by atoms with Crippen molar-refractivity contribution in [3.63, 3.8) is 0 Å². The Kier molecular flexibility index (Phi) is 4.37. The van der Waals surface area contributed by atoms with Crippen molar-refractivity contribution < 1.29 is 9.53 Å². The molecule has 17 heavy (non-hydrogen) atoms. The Bertz CT molecular complexity index is 344. The monoisotopic (exact) mass is 235 g/mol. The van der Waals surface area contributed by atoms with Gasteiger partial charge in [0.15, 0.2) is 0 Å². The highest BCUT2D eigenvalue weighted by molar-refractivity contribution is 5.97. The van der Waals surface area contributed by atoms with Gasteiger partial charge in [0.1, 0.15) is 6.10 Å². The van der Waals surface area contributed by atoms with Crippen molar-refractivity contribution in [2.24, 2.45) is 0 Å². The Morgan fingerprint density at radius 3 is 3.00 bits per heavy atom. The van der Waals surface area contributed by atoms with Crippen LogP contribution in [-0.4, -0.2) is 25.2 Å². The Morgan fingerprint density at radius 1 is 1.35 bits per heavy atom. The molecule has 0 saturated carbocycles. The number of fused-ring (bicyclic) bond motifs is 1. The summed E-state index contributed by atoms with van der Waals surface area (Å²) in [6, 6.07) is 0. The van der Waals surface area contributed by atoms with Gasteiger partial charge < -0.3 is 10.1 Å². The van der Waals surface area contributed by atoms with Crippen molar-refractivity contribution in [3.8, 4) is 0 Å². The summed E-state index contributed by atoms with van der Waals surface area (Å²) in [6.45, 7) is 4.16. The van der Waals surface area contributed by atoms with E-state index in [0.29, 0.717) is 0 Å². The molecular formula is C14H21NO2. The van der Waals surface area contributed by atoms with Gasteiger partial charge >= 0.3 is 5.97 Å². The van der Waals surface area contributed by atoms with E-state index >= 15 is 0 Å². The van der Waals surface area contributed by atoms with E-state index in [0.717, 1.165) is 43.5 Å². The molecule has 1 saturated heterocycles. The van der Waals surface area contributed by atoms with Crippen LogP contribution in [0.2, 0.25) is 0 Å². The highest BCUT2D eigenvalue weighted by Gasteiger charge is 2.34. The molecule has 0 aromatic carbocycles. The summed E-state index contributed by atoms with van der Waals surface area (Å²) in [5.41, 5.74) is 1.94. The number of hydrogen-bond donors (Lipinski definition) is 1. The lowest BCUT2D eigenvalue weighted by Gasteiger charge is -2.12. The number of cyclic esters (lactones) is 1. The number of allylic oxidation sites excluding steroid dienone is 2. The lowest BCUT2D eigenvalue weighted by molar-refractivity contribution is -0.138. The third-order valence-electron chi connectivity index (χ3n) is 3.30. The van der Waals surface area contributed by atoms with Crippen LogP contribution in [0.5, 0.6) is 0 Å². The van der Waals surface area contributed by atoms with Gasteiger partial charge in [-0.15, -0.1) is 0 Å². The fourth-order valence-corrected chi connectivity index (χ4v) is 2.33. The molecule has 1 aliphatic carbocycles. The van der Waals surface area contributed by atoms with Crippen LogP contribution in [0, 0.1) is 0 Å². The minimum Gasteiger partial charge on any atom is -0.454 e. The zero-order valence-corrected chi connectivity index (χ0v) is 10.5. The number of unbranched alkanes of at least 4 members (excludes halogenated alkanes) is 1. The molecule has 1 unspecified atom stereocenters. The summed E-state index contributed by atoms with van der Waals surface area (Å²) in [5.74, 6) is -0.130. The van der Waals surface area contributed by atoms with Gasteiger partial charge in [0.05, 0.1) is 5.57 Å². The average Bonchev–Trinajstić information content (AvgIpc) is 2.67. The summed E-state index contributed by atoms with van der Waals surface area (Å²) < 4.78 is 5.40. The van der Waals surface area contributed by atoms with Crippen LogP contribution in [0.3, 0.4) is 0 Å². The van der Waals surface area contributed by atoms with Crippen molar-refractivity contribution >= 4 is 5.97 Å². The summed E-state index contributed by atoms with van der Waals surface area (Å²) in [5, 5.41) is 3.39. The quantitative estimate of drug-likeness (QED) is 0.567. The van der Waals surface area contributed by atoms with E-state index in [-0.39, 0.29) is 12.1 Å². The van der Waals surface area contributed by atoms with E-state index in [4.69, 9.17) is 4.74 Å². The Hall–Kier alpha value is -1.09. The van der Waals surface area contributed by atoms with Crippen LogP contribution in [0.4, 0.5) is 0 Å². The van der Waals surface area contributed by atoms with Gasteiger partial charge in [-0.05, 0) is 32.4 Å². The first kappa shape index (κ1) is 12.4. The van der Waals surface area contributed by atoms with Crippen molar-refractivity contribution in [1.29, 1.82) is 0 Å². The molecule has 3 nitrogen and oxygen atoms in total. The van der Waals surface area contributed by atoms with Crippen LogP contribution in [-0.2, 0) is 9.53 Å². The summed E-state index contributed by atoms with van der Waals surface area (Å²) in [4.78, 5) is 11.6. The predicted molar refractivity (Wildman–Crippen MR) is 67.7 cm³/mol. The molecule has 1 aliphatic heterocycles. The first-order chi connectivity index (χ1) is 8.33. The number of hydrogen-bond acceptors (Lipinski definition) is 3. The number of esters is 1. The standard InChI is InChI=1S/C14H21NO2/c1-2-3-9-15-10-8-13-11-6-4-5-7-12(11)14(16)17-13/h6-7,13,15H,2-5,8-10H2,1H3. The first-order valence-electron chi connectivity index (χ1n) is 6.65. The number of rotatable bonds is 6. The van der Waals surface area contributed by atoms with E-state index in [1.807, 2.05) is 6.08 Å². The third-order valence-corrected chi connectivity index (χ3v) is 3.30. The second-order valence-electron chi connectivity index (χ2n) is 4.64. The van der Waals surface area contributed by atoms with E-state index in [1.165, 1.54) is 12.8 Å². The molecule has 3 heteroatoms. The molecule has 0 spiro atoms. The second kappa shape index (κ2) is 6.01. The Labute approximate surface area is 103 Å². The lowest BCUT2D eigenvalue weighted by atomic mass is 9.95. The van der Waals surface area contributed by atoms with Crippen LogP contribution >= 0.6 is 0 Å². The smallest absolute Gasteiger partial charge is 0.338 e. The highest BCUT2D eigenvalue weighted by atomic mass is 16.5. The first-order valence-corrected chi connectivity index (χ1v) is 6.65. The van der Waals surface area contributed by atoms with Crippen LogP contribution in [0.25, 0.3) is 0 Å². The average molecular weight is 235 g/mol. The maximum absolute atomic E-state index is 11.6. The third kappa shape index (κ3) is 2.97. The van der Waals surface area contributed by atoms with E-state index in [1.54, 1.807) is 0 Å². The Morgan fingerprint density at radius 2 is 2.18 bits per heavy atom. The molecule has 1 fully saturated rings. The lowest BCUT2D eigenvalue weighted by Crippen LogP contribution is -2.22. The SMILES string of the molecule is CCCCNCCC1OC(=O)C2=CCCC=C21. The molecule has 2 rings (SSSR count). The van der Waals surface area contributed by atoms with Gasteiger partial charge in [-0.1, -0.05) is 25.5 Å². The van der Waals surface area contributed by atoms with Gasteiger partial charge in [-0.25, -0.2) is 4.79 Å². The van der Waals surface area contributed by atoms with E-state index in [2.05, 4.69) is 18.3 Å². The van der Waals surface area contributed by atoms with Gasteiger partial charge in [0, 0.05) is 12.0 Å². The topological polar surface area (TPSA) is 38.3 Å². The molecule has 1 heterocycles. The zero-order chi connectivity index (χ0) is 12.1. The van der Waals surface area contributed by atoms with Gasteiger partial charge in [0.25, 0.3) is 0 Å². The summed E-state index contributed by atoms with van der Waals surface area (Å²) >= 11 is 0. The molecule has 1 N–H and O–H groups in total. The van der Waals surface area contributed by atoms with E-state index < -0.39 is 0 Å². The molecular weight excluding hydrogens is 214 g/mol. The maximum Gasteiger partial charge on any atom is 0.338 e. The number of ether oxygens (including phenoxy) is 1. The number of carbonyl (C=O) groups is 1. The fourth-order valence-electron chi connectivity index (χ4n) is 2.33. The zero-order valence-electron chi connectivity index (χ0n) is 10.5. The van der Waals surface area contributed by atoms with Crippen LogP contribution < -0.4 is 5.32 Å². The molecule has 1 atom stereocenters. The van der Waals surface area contributed by atoms with Crippen LogP contribution in [0.1, 0.15) is 39.0 Å². The Balaban J connectivity index is 1.80. The fraction of sp³-hybridized carbons (Fsp3) is 0.643. The summed E-state index contributed by atoms with van der Waals surface area (Å²) in [6.07, 6.45) is 9.48. The van der Waals surface area contributed by atoms with Crippen molar-refractivity contribution in [3.05, 3.63) is 23.3 Å². The van der Waals surface area contributed by atoms with E-state index in [9.17, 15) is 4.79 Å². The van der Waals surface area contributed by atoms with Gasteiger partial charge in [0.2, 0.25) is 0 Å². The van der Waals surface area contributed by atoms with Gasteiger partial charge in [-0.2, -0.15) is 0 Å². The molecule has 0 radical (unpaired) electrons. The molecule has 0 bridgehead atoms. The van der Waals surface area contributed by atoms with Gasteiger partial charge in [-0.3, -0.25) is 0 Å². The normalized spacial score (nSPS) is 22.9. The molecule has 0 aromatic heterocycles. The molecule has 0 amide bonds. The van der Waals surface area contributed by atoms with Crippen molar-refractivity contribution in [1.82, 2.24) is 5.32 Å². The molecule has 94 valence electrons. The maximum atomic E-state index is 11.6. The minimum absolute atomic E-state index is 0.0109. The minimum atomic E-state index is -0.130. The molecule has 0 aromatic rings. The largest absolute Gasteiger partial charge is 0.454 e. The summed E-state index contributed by atoms with van der Waals surface area (Å²) in [7, 11) is 0.